The maximum absolute atomic E-state index is 13.0. The summed E-state index contributed by atoms with van der Waals surface area (Å²) in [6.45, 7) is 4.96. The zero-order chi connectivity index (χ0) is 13.1. The zero-order valence-electron chi connectivity index (χ0n) is 10.5. The van der Waals surface area contributed by atoms with E-state index in [2.05, 4.69) is 18.7 Å². The topological polar surface area (TPSA) is 23.5 Å². The van der Waals surface area contributed by atoms with Crippen molar-refractivity contribution in [3.8, 4) is 0 Å². The molecule has 1 aromatic rings. The maximum Gasteiger partial charge on any atom is 0.141 e. The number of aliphatic hydroxyl groups excluding tert-OH is 1. The zero-order valence-corrected chi connectivity index (χ0v) is 11.3. The van der Waals surface area contributed by atoms with Crippen LogP contribution in [0.15, 0.2) is 18.2 Å². The highest BCUT2D eigenvalue weighted by Gasteiger charge is 2.22. The fraction of sp³-hybridized carbons (Fsp3) is 0.538. The molecule has 96 valence electrons. The largest absolute Gasteiger partial charge is 0.396 e. The molecule has 0 fully saturated rings. The molecule has 0 radical (unpaired) electrons. The lowest BCUT2D eigenvalue weighted by Crippen LogP contribution is -2.41. The van der Waals surface area contributed by atoms with Crippen LogP contribution in [-0.4, -0.2) is 29.2 Å². The minimum absolute atomic E-state index is 0.102. The fourth-order valence-corrected chi connectivity index (χ4v) is 1.79. The average Bonchev–Trinajstić information content (AvgIpc) is 2.23. The standard InChI is InChI=1S/C13H19ClFNO/c1-13(2,6-7-17)16(3)9-10-4-5-12(15)11(14)8-10/h4-5,8,17H,6-7,9H2,1-3H3. The molecule has 0 saturated heterocycles. The van der Waals surface area contributed by atoms with Gasteiger partial charge < -0.3 is 5.11 Å². The van der Waals surface area contributed by atoms with Gasteiger partial charge in [-0.1, -0.05) is 17.7 Å². The fourth-order valence-electron chi connectivity index (χ4n) is 1.59. The first-order chi connectivity index (χ1) is 7.86. The van der Waals surface area contributed by atoms with Crippen molar-refractivity contribution in [3.63, 3.8) is 0 Å². The smallest absolute Gasteiger partial charge is 0.141 e. The minimum atomic E-state index is -0.396. The van der Waals surface area contributed by atoms with Crippen LogP contribution < -0.4 is 0 Å². The molecule has 4 heteroatoms. The van der Waals surface area contributed by atoms with Crippen LogP contribution in [0.1, 0.15) is 25.8 Å². The molecule has 2 nitrogen and oxygen atoms in total. The third kappa shape index (κ3) is 3.95. The van der Waals surface area contributed by atoms with Crippen LogP contribution >= 0.6 is 11.6 Å². The van der Waals surface area contributed by atoms with Gasteiger partial charge in [-0.2, -0.15) is 0 Å². The van der Waals surface area contributed by atoms with Gasteiger partial charge in [0.15, 0.2) is 0 Å². The van der Waals surface area contributed by atoms with Crippen LogP contribution in [0.5, 0.6) is 0 Å². The van der Waals surface area contributed by atoms with Gasteiger partial charge in [-0.3, -0.25) is 4.90 Å². The van der Waals surface area contributed by atoms with Crippen molar-refractivity contribution in [2.75, 3.05) is 13.7 Å². The monoisotopic (exact) mass is 259 g/mol. The second-order valence-electron chi connectivity index (χ2n) is 4.89. The Morgan fingerprint density at radius 2 is 2.06 bits per heavy atom. The highest BCUT2D eigenvalue weighted by molar-refractivity contribution is 6.30. The summed E-state index contributed by atoms with van der Waals surface area (Å²) < 4.78 is 13.0. The number of hydrogen-bond acceptors (Lipinski definition) is 2. The van der Waals surface area contributed by atoms with Gasteiger partial charge >= 0.3 is 0 Å². The SMILES string of the molecule is CN(Cc1ccc(F)c(Cl)c1)C(C)(C)CCO. The molecule has 0 aliphatic carbocycles. The number of nitrogens with zero attached hydrogens (tertiary/aromatic N) is 1. The van der Waals surface area contributed by atoms with E-state index in [0.29, 0.717) is 13.0 Å². The molecule has 0 aliphatic heterocycles. The van der Waals surface area contributed by atoms with Crippen molar-refractivity contribution >= 4 is 11.6 Å². The number of halogens is 2. The van der Waals surface area contributed by atoms with Gasteiger partial charge in [0.1, 0.15) is 5.82 Å². The predicted octanol–water partition coefficient (Wildman–Crippen LogP) is 3.07. The molecular formula is C13H19ClFNO. The third-order valence-corrected chi connectivity index (χ3v) is 3.45. The Hall–Kier alpha value is -0.640. The summed E-state index contributed by atoms with van der Waals surface area (Å²) >= 11 is 5.74. The van der Waals surface area contributed by atoms with E-state index in [1.54, 1.807) is 12.1 Å². The first-order valence-corrected chi connectivity index (χ1v) is 6.00. The summed E-state index contributed by atoms with van der Waals surface area (Å²) in [6, 6.07) is 4.75. The normalized spacial score (nSPS) is 12.2. The van der Waals surface area contributed by atoms with E-state index in [4.69, 9.17) is 16.7 Å². The predicted molar refractivity (Wildman–Crippen MR) is 68.7 cm³/mol. The molecule has 0 bridgehead atoms. The Kier molecular flexibility index (Phi) is 4.92. The Morgan fingerprint density at radius 1 is 1.41 bits per heavy atom. The van der Waals surface area contributed by atoms with E-state index in [1.165, 1.54) is 6.07 Å². The van der Waals surface area contributed by atoms with Crippen LogP contribution in [0.2, 0.25) is 5.02 Å². The van der Waals surface area contributed by atoms with Gasteiger partial charge in [0.05, 0.1) is 5.02 Å². The van der Waals surface area contributed by atoms with E-state index in [0.717, 1.165) is 5.56 Å². The third-order valence-electron chi connectivity index (χ3n) is 3.16. The molecular weight excluding hydrogens is 241 g/mol. The van der Waals surface area contributed by atoms with E-state index in [9.17, 15) is 4.39 Å². The van der Waals surface area contributed by atoms with Gasteiger partial charge in [0.2, 0.25) is 0 Å². The summed E-state index contributed by atoms with van der Waals surface area (Å²) in [7, 11) is 1.98. The van der Waals surface area contributed by atoms with E-state index >= 15 is 0 Å². The summed E-state index contributed by atoms with van der Waals surface area (Å²) in [4.78, 5) is 2.12. The first kappa shape index (κ1) is 14.4. The minimum Gasteiger partial charge on any atom is -0.396 e. The van der Waals surface area contributed by atoms with E-state index < -0.39 is 5.82 Å². The van der Waals surface area contributed by atoms with Crippen molar-refractivity contribution < 1.29 is 9.50 Å². The van der Waals surface area contributed by atoms with E-state index in [1.807, 2.05) is 7.05 Å². The summed E-state index contributed by atoms with van der Waals surface area (Å²) in [5.41, 5.74) is 0.861. The van der Waals surface area contributed by atoms with Crippen molar-refractivity contribution in [2.45, 2.75) is 32.4 Å². The van der Waals surface area contributed by atoms with Crippen LogP contribution in [-0.2, 0) is 6.54 Å². The molecule has 0 atom stereocenters. The van der Waals surface area contributed by atoms with Crippen molar-refractivity contribution in [2.24, 2.45) is 0 Å². The number of rotatable bonds is 5. The second-order valence-corrected chi connectivity index (χ2v) is 5.30. The Balaban J connectivity index is 2.73. The van der Waals surface area contributed by atoms with Gasteiger partial charge in [0.25, 0.3) is 0 Å². The quantitative estimate of drug-likeness (QED) is 0.879. The second kappa shape index (κ2) is 5.80. The Morgan fingerprint density at radius 3 is 2.59 bits per heavy atom. The van der Waals surface area contributed by atoms with Crippen LogP contribution in [0.25, 0.3) is 0 Å². The number of benzene rings is 1. The lowest BCUT2D eigenvalue weighted by Gasteiger charge is -2.35. The molecule has 1 aromatic carbocycles. The summed E-state index contributed by atoms with van der Waals surface area (Å²) in [5.74, 6) is -0.396. The van der Waals surface area contributed by atoms with Gasteiger partial charge in [0, 0.05) is 18.7 Å². The molecule has 0 unspecified atom stereocenters. The molecule has 1 rings (SSSR count). The summed E-state index contributed by atoms with van der Waals surface area (Å²) in [5, 5.41) is 9.15. The number of aliphatic hydroxyl groups is 1. The lowest BCUT2D eigenvalue weighted by molar-refractivity contribution is 0.110. The Labute approximate surface area is 107 Å². The molecule has 0 amide bonds. The number of hydrogen-bond donors (Lipinski definition) is 1. The highest BCUT2D eigenvalue weighted by Crippen LogP contribution is 2.22. The van der Waals surface area contributed by atoms with Crippen molar-refractivity contribution in [1.29, 1.82) is 0 Å². The molecule has 0 saturated carbocycles. The van der Waals surface area contributed by atoms with E-state index in [-0.39, 0.29) is 17.2 Å². The van der Waals surface area contributed by atoms with Gasteiger partial charge in [-0.25, -0.2) is 4.39 Å². The molecule has 0 heterocycles. The molecule has 0 aromatic heterocycles. The molecule has 17 heavy (non-hydrogen) atoms. The Bertz CT molecular complexity index is 382. The van der Waals surface area contributed by atoms with Crippen LogP contribution in [0, 0.1) is 5.82 Å². The van der Waals surface area contributed by atoms with Crippen LogP contribution in [0.4, 0.5) is 4.39 Å². The molecule has 0 aliphatic rings. The maximum atomic E-state index is 13.0. The van der Waals surface area contributed by atoms with Gasteiger partial charge in [-0.15, -0.1) is 0 Å². The van der Waals surface area contributed by atoms with Crippen molar-refractivity contribution in [1.82, 2.24) is 4.90 Å². The summed E-state index contributed by atoms with van der Waals surface area (Å²) in [6.07, 6.45) is 0.693. The molecule has 1 N–H and O–H groups in total. The van der Waals surface area contributed by atoms with Crippen LogP contribution in [0.3, 0.4) is 0 Å². The lowest BCUT2D eigenvalue weighted by atomic mass is 9.98. The average molecular weight is 260 g/mol. The van der Waals surface area contributed by atoms with Crippen molar-refractivity contribution in [3.05, 3.63) is 34.6 Å². The molecule has 0 spiro atoms. The first-order valence-electron chi connectivity index (χ1n) is 5.63. The highest BCUT2D eigenvalue weighted by atomic mass is 35.5. The van der Waals surface area contributed by atoms with Gasteiger partial charge in [-0.05, 0) is 45.0 Å².